The summed E-state index contributed by atoms with van der Waals surface area (Å²) in [7, 11) is 0. The van der Waals surface area contributed by atoms with E-state index >= 15 is 0 Å². The zero-order chi connectivity index (χ0) is 12.1. The Morgan fingerprint density at radius 2 is 1.89 bits per heavy atom. The molecular weight excluding hydrogens is 251 g/mol. The zero-order valence-electron chi connectivity index (χ0n) is 10.8. The van der Waals surface area contributed by atoms with Gasteiger partial charge in [0, 0.05) is 6.04 Å². The summed E-state index contributed by atoms with van der Waals surface area (Å²) in [4.78, 5) is 0. The monoisotopic (exact) mass is 272 g/mol. The smallest absolute Gasteiger partial charge is 0.123 e. The molecule has 1 aliphatic rings. The molecule has 1 fully saturated rings. The van der Waals surface area contributed by atoms with Gasteiger partial charge in [0.15, 0.2) is 0 Å². The minimum atomic E-state index is -0.167. The fourth-order valence-corrected chi connectivity index (χ4v) is 2.30. The van der Waals surface area contributed by atoms with E-state index < -0.39 is 0 Å². The van der Waals surface area contributed by atoms with Crippen LogP contribution in [0.3, 0.4) is 0 Å². The van der Waals surface area contributed by atoms with Crippen LogP contribution < -0.4 is 10.6 Å². The summed E-state index contributed by atoms with van der Waals surface area (Å²) in [5.41, 5.74) is 1.15. The topological polar surface area (TPSA) is 24.1 Å². The third-order valence-corrected chi connectivity index (χ3v) is 3.54. The van der Waals surface area contributed by atoms with Crippen LogP contribution in [0.2, 0.25) is 0 Å². The molecule has 2 rings (SSSR count). The van der Waals surface area contributed by atoms with Crippen LogP contribution in [-0.2, 0) is 0 Å². The number of halogens is 2. The Labute approximate surface area is 115 Å². The fourth-order valence-electron chi connectivity index (χ4n) is 2.30. The summed E-state index contributed by atoms with van der Waals surface area (Å²) in [5.74, 6) is 0.610. The van der Waals surface area contributed by atoms with Crippen molar-refractivity contribution >= 4 is 12.4 Å². The average Bonchev–Trinajstić information content (AvgIpc) is 2.38. The first-order chi connectivity index (χ1) is 8.25. The van der Waals surface area contributed by atoms with E-state index in [1.165, 1.54) is 25.0 Å². The van der Waals surface area contributed by atoms with E-state index in [1.54, 1.807) is 0 Å². The average molecular weight is 273 g/mol. The fraction of sp³-hybridized carbons (Fsp3) is 0.571. The second kappa shape index (κ2) is 7.72. The molecule has 0 aliphatic carbocycles. The van der Waals surface area contributed by atoms with E-state index in [9.17, 15) is 4.39 Å². The molecule has 1 aromatic carbocycles. The van der Waals surface area contributed by atoms with Crippen molar-refractivity contribution in [3.63, 3.8) is 0 Å². The van der Waals surface area contributed by atoms with Crippen molar-refractivity contribution in [3.05, 3.63) is 35.6 Å². The highest BCUT2D eigenvalue weighted by molar-refractivity contribution is 5.85. The van der Waals surface area contributed by atoms with Gasteiger partial charge in [-0.1, -0.05) is 12.1 Å². The number of hydrogen-bond donors (Lipinski definition) is 2. The van der Waals surface area contributed by atoms with Crippen LogP contribution in [0.15, 0.2) is 24.3 Å². The molecule has 4 heteroatoms. The lowest BCUT2D eigenvalue weighted by molar-refractivity contribution is 0.345. The van der Waals surface area contributed by atoms with Crippen molar-refractivity contribution in [2.45, 2.75) is 25.8 Å². The van der Waals surface area contributed by atoms with E-state index in [0.29, 0.717) is 6.04 Å². The molecule has 1 heterocycles. The molecule has 2 nitrogen and oxygen atoms in total. The first-order valence-corrected chi connectivity index (χ1v) is 6.45. The minimum absolute atomic E-state index is 0. The van der Waals surface area contributed by atoms with Gasteiger partial charge in [0.1, 0.15) is 5.82 Å². The molecule has 1 aromatic rings. The molecule has 0 spiro atoms. The van der Waals surface area contributed by atoms with Gasteiger partial charge in [0.2, 0.25) is 0 Å². The Morgan fingerprint density at radius 1 is 1.28 bits per heavy atom. The molecule has 1 saturated heterocycles. The first kappa shape index (κ1) is 15.4. The second-order valence-corrected chi connectivity index (χ2v) is 4.87. The Balaban J connectivity index is 0.00000162. The third-order valence-electron chi connectivity index (χ3n) is 3.54. The van der Waals surface area contributed by atoms with E-state index in [1.807, 2.05) is 12.1 Å². The van der Waals surface area contributed by atoms with Gasteiger partial charge in [-0.3, -0.25) is 0 Å². The Hall–Kier alpha value is -0.640. The maximum atomic E-state index is 12.8. The third kappa shape index (κ3) is 4.56. The van der Waals surface area contributed by atoms with Crippen molar-refractivity contribution in [1.29, 1.82) is 0 Å². The number of rotatable bonds is 4. The van der Waals surface area contributed by atoms with Gasteiger partial charge in [0.25, 0.3) is 0 Å². The predicted molar refractivity (Wildman–Crippen MR) is 75.7 cm³/mol. The van der Waals surface area contributed by atoms with Crippen LogP contribution >= 0.6 is 12.4 Å². The van der Waals surface area contributed by atoms with Crippen LogP contribution in [-0.4, -0.2) is 19.6 Å². The van der Waals surface area contributed by atoms with Crippen LogP contribution in [0.25, 0.3) is 0 Å². The molecule has 1 unspecified atom stereocenters. The summed E-state index contributed by atoms with van der Waals surface area (Å²) in [6.45, 7) is 5.46. The van der Waals surface area contributed by atoms with Crippen molar-refractivity contribution < 1.29 is 4.39 Å². The lowest BCUT2D eigenvalue weighted by Crippen LogP contribution is -2.34. The van der Waals surface area contributed by atoms with E-state index in [0.717, 1.165) is 31.1 Å². The van der Waals surface area contributed by atoms with Crippen molar-refractivity contribution in [1.82, 2.24) is 10.6 Å². The van der Waals surface area contributed by atoms with Crippen molar-refractivity contribution in [2.24, 2.45) is 5.92 Å². The van der Waals surface area contributed by atoms with Gasteiger partial charge in [-0.15, -0.1) is 12.4 Å². The SMILES string of the molecule is CC(NCC1CCNCC1)c1ccc(F)cc1.Cl. The van der Waals surface area contributed by atoms with Crippen LogP contribution in [0.1, 0.15) is 31.4 Å². The maximum Gasteiger partial charge on any atom is 0.123 e. The first-order valence-electron chi connectivity index (χ1n) is 6.45. The molecule has 0 saturated carbocycles. The van der Waals surface area contributed by atoms with Gasteiger partial charge in [0.05, 0.1) is 0 Å². The predicted octanol–water partition coefficient (Wildman–Crippen LogP) is 2.90. The lowest BCUT2D eigenvalue weighted by Gasteiger charge is -2.25. The van der Waals surface area contributed by atoms with Crippen LogP contribution in [0.5, 0.6) is 0 Å². The highest BCUT2D eigenvalue weighted by Gasteiger charge is 2.14. The number of nitrogens with one attached hydrogen (secondary N) is 2. The number of piperidine rings is 1. The standard InChI is InChI=1S/C14H21FN2.ClH/c1-11(13-2-4-14(15)5-3-13)17-10-12-6-8-16-9-7-12;/h2-5,11-12,16-17H,6-10H2,1H3;1H. The number of hydrogen-bond acceptors (Lipinski definition) is 2. The van der Waals surface area contributed by atoms with Crippen molar-refractivity contribution in [3.8, 4) is 0 Å². The van der Waals surface area contributed by atoms with E-state index in [-0.39, 0.29) is 18.2 Å². The Morgan fingerprint density at radius 3 is 2.50 bits per heavy atom. The highest BCUT2D eigenvalue weighted by Crippen LogP contribution is 2.15. The molecule has 2 N–H and O–H groups in total. The molecule has 18 heavy (non-hydrogen) atoms. The summed E-state index contributed by atoms with van der Waals surface area (Å²) in [5, 5.41) is 6.91. The summed E-state index contributed by atoms with van der Waals surface area (Å²) < 4.78 is 12.8. The largest absolute Gasteiger partial charge is 0.317 e. The molecule has 0 bridgehead atoms. The molecule has 0 radical (unpaired) electrons. The summed E-state index contributed by atoms with van der Waals surface area (Å²) in [6.07, 6.45) is 2.51. The van der Waals surface area contributed by atoms with Gasteiger partial charge < -0.3 is 10.6 Å². The lowest BCUT2D eigenvalue weighted by atomic mass is 9.97. The van der Waals surface area contributed by atoms with Crippen LogP contribution in [0, 0.1) is 11.7 Å². The van der Waals surface area contributed by atoms with Crippen LogP contribution in [0.4, 0.5) is 4.39 Å². The van der Waals surface area contributed by atoms with Crippen molar-refractivity contribution in [2.75, 3.05) is 19.6 Å². The molecule has 1 aliphatic heterocycles. The highest BCUT2D eigenvalue weighted by atomic mass is 35.5. The molecular formula is C14H22ClFN2. The number of benzene rings is 1. The van der Waals surface area contributed by atoms with Gasteiger partial charge in [-0.2, -0.15) is 0 Å². The Kier molecular flexibility index (Phi) is 6.61. The zero-order valence-corrected chi connectivity index (χ0v) is 11.6. The quantitative estimate of drug-likeness (QED) is 0.881. The maximum absolute atomic E-state index is 12.8. The summed E-state index contributed by atoms with van der Waals surface area (Å²) in [6, 6.07) is 7.06. The minimum Gasteiger partial charge on any atom is -0.317 e. The molecule has 102 valence electrons. The van der Waals surface area contributed by atoms with Gasteiger partial charge in [-0.25, -0.2) is 4.39 Å². The van der Waals surface area contributed by atoms with Gasteiger partial charge >= 0.3 is 0 Å². The molecule has 0 aromatic heterocycles. The summed E-state index contributed by atoms with van der Waals surface area (Å²) >= 11 is 0. The molecule has 1 atom stereocenters. The second-order valence-electron chi connectivity index (χ2n) is 4.87. The molecule has 0 amide bonds. The van der Waals surface area contributed by atoms with E-state index in [4.69, 9.17) is 0 Å². The van der Waals surface area contributed by atoms with Gasteiger partial charge in [-0.05, 0) is 63.0 Å². The Bertz CT molecular complexity index is 336. The van der Waals surface area contributed by atoms with E-state index in [2.05, 4.69) is 17.6 Å². The normalized spacial score (nSPS) is 18.1.